The van der Waals surface area contributed by atoms with Crippen molar-refractivity contribution in [1.29, 1.82) is 0 Å². The lowest BCUT2D eigenvalue weighted by Gasteiger charge is -2.02. The summed E-state index contributed by atoms with van der Waals surface area (Å²) in [6.45, 7) is 4.45. The van der Waals surface area contributed by atoms with Crippen molar-refractivity contribution >= 4 is 27.7 Å². The summed E-state index contributed by atoms with van der Waals surface area (Å²) in [5.41, 5.74) is 0. The van der Waals surface area contributed by atoms with Crippen molar-refractivity contribution in [3.05, 3.63) is 0 Å². The molecule has 68 valence electrons. The molecule has 0 aliphatic rings. The van der Waals surface area contributed by atoms with Crippen molar-refractivity contribution in [2.45, 2.75) is 44.4 Å². The van der Waals surface area contributed by atoms with E-state index < -0.39 is 0 Å². The molecule has 0 saturated heterocycles. The molecule has 0 amide bonds. The first-order valence-electron chi connectivity index (χ1n) is 4.49. The third kappa shape index (κ3) is 10.8. The fraction of sp³-hybridized carbons (Fsp3) is 1.00. The van der Waals surface area contributed by atoms with Crippen molar-refractivity contribution < 1.29 is 0 Å². The van der Waals surface area contributed by atoms with E-state index in [2.05, 4.69) is 41.5 Å². The Morgan fingerprint density at radius 1 is 1.27 bits per heavy atom. The zero-order chi connectivity index (χ0) is 8.53. The zero-order valence-corrected chi connectivity index (χ0v) is 10.0. The number of unbranched alkanes of at least 4 members (excludes halogenated alkanes) is 2. The van der Waals surface area contributed by atoms with Gasteiger partial charge in [-0.1, -0.05) is 42.6 Å². The molecule has 0 nitrogen and oxygen atoms in total. The quantitative estimate of drug-likeness (QED) is 0.476. The van der Waals surface area contributed by atoms with E-state index in [0.717, 1.165) is 0 Å². The highest BCUT2D eigenvalue weighted by atomic mass is 79.9. The molecule has 0 N–H and O–H groups in total. The van der Waals surface area contributed by atoms with Crippen LogP contribution < -0.4 is 0 Å². The highest BCUT2D eigenvalue weighted by molar-refractivity contribution is 9.09. The summed E-state index contributed by atoms with van der Waals surface area (Å²) in [5, 5.41) is 0. The molecule has 0 aliphatic carbocycles. The lowest BCUT2D eigenvalue weighted by atomic mass is 10.2. The number of alkyl halides is 1. The molecule has 0 heterocycles. The van der Waals surface area contributed by atoms with Gasteiger partial charge in [-0.3, -0.25) is 0 Å². The van der Waals surface area contributed by atoms with Gasteiger partial charge in [0.05, 0.1) is 0 Å². The maximum Gasteiger partial charge on any atom is 0.0117 e. The third-order valence-corrected chi connectivity index (χ3v) is 3.04. The predicted octanol–water partition coefficient (Wildman–Crippen LogP) is 4.08. The zero-order valence-electron chi connectivity index (χ0n) is 7.61. The van der Waals surface area contributed by atoms with Gasteiger partial charge in [0.25, 0.3) is 0 Å². The van der Waals surface area contributed by atoms with Crippen LogP contribution in [-0.4, -0.2) is 16.3 Å². The standard InChI is InChI=1S/C9H19BrS/c1-3-11-8-6-4-5-7-9(2)10/h9H,3-8H2,1-2H3. The second-order valence-corrected chi connectivity index (χ2v) is 5.78. The minimum absolute atomic E-state index is 0.710. The summed E-state index contributed by atoms with van der Waals surface area (Å²) < 4.78 is 0. The van der Waals surface area contributed by atoms with E-state index in [1.165, 1.54) is 37.2 Å². The smallest absolute Gasteiger partial charge is 0.0117 e. The van der Waals surface area contributed by atoms with Crippen LogP contribution in [0.15, 0.2) is 0 Å². The highest BCUT2D eigenvalue weighted by Gasteiger charge is 1.94. The Bertz CT molecular complexity index is 74.0. The molecule has 1 atom stereocenters. The molecule has 2 heteroatoms. The normalized spacial score (nSPS) is 13.4. The number of rotatable bonds is 7. The summed E-state index contributed by atoms with van der Waals surface area (Å²) in [7, 11) is 0. The minimum Gasteiger partial charge on any atom is -0.162 e. The van der Waals surface area contributed by atoms with Crippen LogP contribution in [0.2, 0.25) is 0 Å². The highest BCUT2D eigenvalue weighted by Crippen LogP contribution is 2.11. The Morgan fingerprint density at radius 3 is 2.55 bits per heavy atom. The van der Waals surface area contributed by atoms with Crippen LogP contribution in [0.1, 0.15) is 39.5 Å². The van der Waals surface area contributed by atoms with E-state index in [-0.39, 0.29) is 0 Å². The average Bonchev–Trinajstić information content (AvgIpc) is 1.96. The summed E-state index contributed by atoms with van der Waals surface area (Å²) in [4.78, 5) is 0.710. The Labute approximate surface area is 83.6 Å². The summed E-state index contributed by atoms with van der Waals surface area (Å²) in [6.07, 6.45) is 5.52. The summed E-state index contributed by atoms with van der Waals surface area (Å²) >= 11 is 5.61. The number of hydrogen-bond donors (Lipinski definition) is 0. The Hall–Kier alpha value is 0.830. The van der Waals surface area contributed by atoms with Crippen LogP contribution in [0.5, 0.6) is 0 Å². The van der Waals surface area contributed by atoms with Gasteiger partial charge in [0.1, 0.15) is 0 Å². The van der Waals surface area contributed by atoms with Crippen molar-refractivity contribution in [2.75, 3.05) is 11.5 Å². The molecule has 0 radical (unpaired) electrons. The maximum absolute atomic E-state index is 3.55. The first-order valence-corrected chi connectivity index (χ1v) is 6.56. The van der Waals surface area contributed by atoms with Crippen LogP contribution in [0.25, 0.3) is 0 Å². The van der Waals surface area contributed by atoms with E-state index in [9.17, 15) is 0 Å². The van der Waals surface area contributed by atoms with Gasteiger partial charge in [0.2, 0.25) is 0 Å². The van der Waals surface area contributed by atoms with Gasteiger partial charge in [-0.15, -0.1) is 0 Å². The molecule has 0 saturated carbocycles. The molecule has 0 aromatic carbocycles. The Balaban J connectivity index is 2.80. The summed E-state index contributed by atoms with van der Waals surface area (Å²) in [5.74, 6) is 2.63. The molecule has 0 bridgehead atoms. The molecule has 0 aromatic heterocycles. The molecule has 0 spiro atoms. The van der Waals surface area contributed by atoms with Gasteiger partial charge in [-0.05, 0) is 24.3 Å². The number of halogens is 1. The van der Waals surface area contributed by atoms with Crippen LogP contribution in [0, 0.1) is 0 Å². The second kappa shape index (κ2) is 8.92. The molecule has 0 fully saturated rings. The van der Waals surface area contributed by atoms with Gasteiger partial charge >= 0.3 is 0 Å². The van der Waals surface area contributed by atoms with Crippen molar-refractivity contribution in [1.82, 2.24) is 0 Å². The molecular formula is C9H19BrS. The molecule has 0 aliphatic heterocycles. The summed E-state index contributed by atoms with van der Waals surface area (Å²) in [6, 6.07) is 0. The van der Waals surface area contributed by atoms with Crippen LogP contribution >= 0.6 is 27.7 Å². The van der Waals surface area contributed by atoms with Crippen molar-refractivity contribution in [3.8, 4) is 0 Å². The molecule has 0 aromatic rings. The lowest BCUT2D eigenvalue weighted by molar-refractivity contribution is 0.672. The van der Waals surface area contributed by atoms with E-state index in [1.807, 2.05) is 0 Å². The molecular weight excluding hydrogens is 220 g/mol. The fourth-order valence-corrected chi connectivity index (χ4v) is 1.97. The Morgan fingerprint density at radius 2 is 2.00 bits per heavy atom. The third-order valence-electron chi connectivity index (χ3n) is 1.59. The van der Waals surface area contributed by atoms with Crippen LogP contribution in [0.3, 0.4) is 0 Å². The van der Waals surface area contributed by atoms with Gasteiger partial charge in [0.15, 0.2) is 0 Å². The minimum atomic E-state index is 0.710. The second-order valence-electron chi connectivity index (χ2n) is 2.83. The van der Waals surface area contributed by atoms with Gasteiger partial charge < -0.3 is 0 Å². The van der Waals surface area contributed by atoms with Gasteiger partial charge in [-0.25, -0.2) is 0 Å². The lowest BCUT2D eigenvalue weighted by Crippen LogP contribution is -1.90. The first kappa shape index (κ1) is 11.8. The number of hydrogen-bond acceptors (Lipinski definition) is 1. The van der Waals surface area contributed by atoms with Crippen LogP contribution in [-0.2, 0) is 0 Å². The van der Waals surface area contributed by atoms with E-state index in [4.69, 9.17) is 0 Å². The SMILES string of the molecule is CCSCCCCCC(C)Br. The van der Waals surface area contributed by atoms with Gasteiger partial charge in [-0.2, -0.15) is 11.8 Å². The fourth-order valence-electron chi connectivity index (χ4n) is 0.951. The Kier molecular flexibility index (Phi) is 9.60. The van der Waals surface area contributed by atoms with Gasteiger partial charge in [0, 0.05) is 4.83 Å². The van der Waals surface area contributed by atoms with Crippen molar-refractivity contribution in [2.24, 2.45) is 0 Å². The van der Waals surface area contributed by atoms with Crippen LogP contribution in [0.4, 0.5) is 0 Å². The van der Waals surface area contributed by atoms with E-state index >= 15 is 0 Å². The molecule has 11 heavy (non-hydrogen) atoms. The predicted molar refractivity (Wildman–Crippen MR) is 59.9 cm³/mol. The maximum atomic E-state index is 3.55. The average molecular weight is 239 g/mol. The van der Waals surface area contributed by atoms with E-state index in [0.29, 0.717) is 4.83 Å². The number of thioether (sulfide) groups is 1. The topological polar surface area (TPSA) is 0 Å². The van der Waals surface area contributed by atoms with Crippen molar-refractivity contribution in [3.63, 3.8) is 0 Å². The molecule has 1 unspecified atom stereocenters. The first-order chi connectivity index (χ1) is 5.27. The largest absolute Gasteiger partial charge is 0.162 e. The van der Waals surface area contributed by atoms with E-state index in [1.54, 1.807) is 0 Å². The molecule has 0 rings (SSSR count). The monoisotopic (exact) mass is 238 g/mol.